The van der Waals surface area contributed by atoms with Crippen LogP contribution in [0.4, 0.5) is 0 Å². The highest BCUT2D eigenvalue weighted by atomic mass is 16.5. The second-order valence-electron chi connectivity index (χ2n) is 4.71. The van der Waals surface area contributed by atoms with Crippen LogP contribution in [-0.4, -0.2) is 23.9 Å². The first-order chi connectivity index (χ1) is 6.06. The maximum Gasteiger partial charge on any atom is 0.0880 e. The summed E-state index contributed by atoms with van der Waals surface area (Å²) in [4.78, 5) is 0. The van der Waals surface area contributed by atoms with Gasteiger partial charge in [-0.15, -0.1) is 0 Å². The SMILES string of the molecule is COC(C)(C)C(O)CC1CCCC1. The Labute approximate surface area is 81.3 Å². The van der Waals surface area contributed by atoms with E-state index >= 15 is 0 Å². The predicted molar refractivity (Wildman–Crippen MR) is 53.7 cm³/mol. The van der Waals surface area contributed by atoms with Crippen molar-refractivity contribution in [3.05, 3.63) is 0 Å². The lowest BCUT2D eigenvalue weighted by atomic mass is 9.91. The minimum Gasteiger partial charge on any atom is -0.390 e. The second kappa shape index (κ2) is 4.43. The Morgan fingerprint density at radius 2 is 1.92 bits per heavy atom. The highest BCUT2D eigenvalue weighted by Gasteiger charge is 2.30. The Morgan fingerprint density at radius 1 is 1.38 bits per heavy atom. The zero-order chi connectivity index (χ0) is 9.90. The number of aliphatic hydroxyl groups is 1. The van der Waals surface area contributed by atoms with Gasteiger partial charge in [-0.3, -0.25) is 0 Å². The van der Waals surface area contributed by atoms with Crippen molar-refractivity contribution in [2.75, 3.05) is 7.11 Å². The first-order valence-corrected chi connectivity index (χ1v) is 5.29. The van der Waals surface area contributed by atoms with Crippen LogP contribution in [0.15, 0.2) is 0 Å². The number of hydrogen-bond acceptors (Lipinski definition) is 2. The Morgan fingerprint density at radius 3 is 2.38 bits per heavy atom. The lowest BCUT2D eigenvalue weighted by molar-refractivity contribution is -0.0852. The van der Waals surface area contributed by atoms with Gasteiger partial charge in [0.15, 0.2) is 0 Å². The van der Waals surface area contributed by atoms with E-state index in [0.29, 0.717) is 0 Å². The number of methoxy groups -OCH3 is 1. The molecule has 0 bridgehead atoms. The minimum absolute atomic E-state index is 0.319. The van der Waals surface area contributed by atoms with Crippen LogP contribution in [0, 0.1) is 5.92 Å². The summed E-state index contributed by atoms with van der Waals surface area (Å²) in [5.41, 5.74) is -0.386. The van der Waals surface area contributed by atoms with E-state index in [4.69, 9.17) is 4.74 Å². The number of ether oxygens (including phenoxy) is 1. The molecule has 1 aliphatic rings. The molecule has 13 heavy (non-hydrogen) atoms. The summed E-state index contributed by atoms with van der Waals surface area (Å²) in [5.74, 6) is 0.726. The normalized spacial score (nSPS) is 22.2. The quantitative estimate of drug-likeness (QED) is 0.730. The standard InChI is InChI=1S/C11H22O2/c1-11(2,13-3)10(12)8-9-6-4-5-7-9/h9-10,12H,4-8H2,1-3H3. The molecule has 0 heterocycles. The van der Waals surface area contributed by atoms with E-state index in [9.17, 15) is 5.11 Å². The monoisotopic (exact) mass is 186 g/mol. The molecule has 1 aliphatic carbocycles. The molecule has 1 unspecified atom stereocenters. The number of rotatable bonds is 4. The summed E-state index contributed by atoms with van der Waals surface area (Å²) < 4.78 is 5.26. The van der Waals surface area contributed by atoms with Gasteiger partial charge in [-0.05, 0) is 26.2 Å². The van der Waals surface area contributed by atoms with E-state index in [2.05, 4.69) is 0 Å². The highest BCUT2D eigenvalue weighted by molar-refractivity contribution is 4.82. The van der Waals surface area contributed by atoms with E-state index in [1.54, 1.807) is 7.11 Å². The molecule has 1 atom stereocenters. The summed E-state index contributed by atoms with van der Waals surface area (Å²) in [7, 11) is 1.66. The van der Waals surface area contributed by atoms with Crippen molar-refractivity contribution in [3.63, 3.8) is 0 Å². The molecule has 0 saturated heterocycles. The molecule has 0 aromatic carbocycles. The van der Waals surface area contributed by atoms with Crippen molar-refractivity contribution in [1.29, 1.82) is 0 Å². The van der Waals surface area contributed by atoms with E-state index in [-0.39, 0.29) is 11.7 Å². The molecule has 1 fully saturated rings. The molecule has 0 amide bonds. The van der Waals surface area contributed by atoms with Crippen LogP contribution in [0.5, 0.6) is 0 Å². The third kappa shape index (κ3) is 2.96. The molecule has 2 nitrogen and oxygen atoms in total. The highest BCUT2D eigenvalue weighted by Crippen LogP contribution is 2.31. The minimum atomic E-state index is -0.386. The van der Waals surface area contributed by atoms with Gasteiger partial charge in [0, 0.05) is 7.11 Å². The van der Waals surface area contributed by atoms with Crippen LogP contribution in [0.2, 0.25) is 0 Å². The van der Waals surface area contributed by atoms with Crippen LogP contribution >= 0.6 is 0 Å². The molecule has 78 valence electrons. The molecular formula is C11H22O2. The van der Waals surface area contributed by atoms with E-state index in [0.717, 1.165) is 12.3 Å². The molecule has 0 radical (unpaired) electrons. The molecule has 0 aromatic heterocycles. The Bertz CT molecular complexity index is 148. The van der Waals surface area contributed by atoms with Crippen LogP contribution < -0.4 is 0 Å². The van der Waals surface area contributed by atoms with Gasteiger partial charge >= 0.3 is 0 Å². The van der Waals surface area contributed by atoms with Crippen LogP contribution in [-0.2, 0) is 4.74 Å². The van der Waals surface area contributed by atoms with E-state index in [1.165, 1.54) is 25.7 Å². The largest absolute Gasteiger partial charge is 0.390 e. The summed E-state index contributed by atoms with van der Waals surface area (Å²) in [6.07, 6.45) is 5.84. The summed E-state index contributed by atoms with van der Waals surface area (Å²) in [6.45, 7) is 3.90. The van der Waals surface area contributed by atoms with Gasteiger partial charge in [-0.25, -0.2) is 0 Å². The molecule has 0 spiro atoms. The summed E-state index contributed by atoms with van der Waals surface area (Å²) in [6, 6.07) is 0. The Hall–Kier alpha value is -0.0800. The van der Waals surface area contributed by atoms with Crippen molar-refractivity contribution in [2.45, 2.75) is 57.7 Å². The first kappa shape index (κ1) is 11.0. The molecule has 0 aromatic rings. The Kier molecular flexibility index (Phi) is 3.74. The maximum atomic E-state index is 9.91. The number of hydrogen-bond donors (Lipinski definition) is 1. The molecule has 1 rings (SSSR count). The summed E-state index contributed by atoms with van der Waals surface area (Å²) >= 11 is 0. The van der Waals surface area contributed by atoms with Crippen molar-refractivity contribution in [1.82, 2.24) is 0 Å². The third-order valence-corrected chi connectivity index (χ3v) is 3.36. The smallest absolute Gasteiger partial charge is 0.0880 e. The van der Waals surface area contributed by atoms with Crippen molar-refractivity contribution >= 4 is 0 Å². The molecular weight excluding hydrogens is 164 g/mol. The van der Waals surface area contributed by atoms with Gasteiger partial charge in [0.2, 0.25) is 0 Å². The van der Waals surface area contributed by atoms with Gasteiger partial charge in [0.25, 0.3) is 0 Å². The van der Waals surface area contributed by atoms with Gasteiger partial charge in [-0.2, -0.15) is 0 Å². The zero-order valence-electron chi connectivity index (χ0n) is 9.05. The topological polar surface area (TPSA) is 29.5 Å². The van der Waals surface area contributed by atoms with Crippen molar-refractivity contribution < 1.29 is 9.84 Å². The fourth-order valence-corrected chi connectivity index (χ4v) is 1.98. The van der Waals surface area contributed by atoms with Crippen LogP contribution in [0.25, 0.3) is 0 Å². The average Bonchev–Trinajstić information content (AvgIpc) is 2.57. The third-order valence-electron chi connectivity index (χ3n) is 3.36. The molecule has 2 heteroatoms. The second-order valence-corrected chi connectivity index (χ2v) is 4.71. The maximum absolute atomic E-state index is 9.91. The van der Waals surface area contributed by atoms with Gasteiger partial charge in [0.05, 0.1) is 11.7 Å². The van der Waals surface area contributed by atoms with E-state index in [1.807, 2.05) is 13.8 Å². The van der Waals surface area contributed by atoms with Gasteiger partial charge in [-0.1, -0.05) is 25.7 Å². The van der Waals surface area contributed by atoms with Gasteiger partial charge < -0.3 is 9.84 Å². The zero-order valence-corrected chi connectivity index (χ0v) is 9.05. The lowest BCUT2D eigenvalue weighted by Crippen LogP contribution is -2.39. The average molecular weight is 186 g/mol. The fraction of sp³-hybridized carbons (Fsp3) is 1.00. The van der Waals surface area contributed by atoms with Gasteiger partial charge in [0.1, 0.15) is 0 Å². The Balaban J connectivity index is 2.34. The summed E-state index contributed by atoms with van der Waals surface area (Å²) in [5, 5.41) is 9.91. The van der Waals surface area contributed by atoms with Crippen LogP contribution in [0.3, 0.4) is 0 Å². The lowest BCUT2D eigenvalue weighted by Gasteiger charge is -2.30. The van der Waals surface area contributed by atoms with Crippen LogP contribution in [0.1, 0.15) is 46.0 Å². The molecule has 1 N–H and O–H groups in total. The fourth-order valence-electron chi connectivity index (χ4n) is 1.98. The van der Waals surface area contributed by atoms with Crippen molar-refractivity contribution in [3.8, 4) is 0 Å². The molecule has 0 aliphatic heterocycles. The van der Waals surface area contributed by atoms with Crippen molar-refractivity contribution in [2.24, 2.45) is 5.92 Å². The van der Waals surface area contributed by atoms with E-state index < -0.39 is 0 Å². The number of aliphatic hydroxyl groups excluding tert-OH is 1. The molecule has 1 saturated carbocycles. The first-order valence-electron chi connectivity index (χ1n) is 5.29. The predicted octanol–water partition coefficient (Wildman–Crippen LogP) is 2.35.